The van der Waals surface area contributed by atoms with Crippen molar-refractivity contribution in [2.75, 3.05) is 16.7 Å². The molecule has 1 aromatic heterocycles. The molecule has 0 atom stereocenters. The molecule has 162 valence electrons. The number of aromatic nitrogens is 1. The van der Waals surface area contributed by atoms with E-state index >= 15 is 0 Å². The Morgan fingerprint density at radius 2 is 1.81 bits per heavy atom. The minimum absolute atomic E-state index is 0.00262. The van der Waals surface area contributed by atoms with E-state index in [1.54, 1.807) is 24.3 Å². The van der Waals surface area contributed by atoms with Gasteiger partial charge < -0.3 is 5.73 Å². The lowest BCUT2D eigenvalue weighted by Crippen LogP contribution is -2.09. The van der Waals surface area contributed by atoms with Crippen molar-refractivity contribution in [3.8, 4) is 23.3 Å². The van der Waals surface area contributed by atoms with Gasteiger partial charge in [-0.2, -0.15) is 10.5 Å². The fourth-order valence-corrected chi connectivity index (χ4v) is 4.43. The minimum atomic E-state index is -3.44. The molecule has 0 spiro atoms. The predicted octanol–water partition coefficient (Wildman–Crippen LogP) is 4.02. The van der Waals surface area contributed by atoms with Crippen LogP contribution in [0.3, 0.4) is 0 Å². The first-order valence-electron chi connectivity index (χ1n) is 8.91. The number of sulfonamides is 1. The Balaban J connectivity index is 2.03. The first kappa shape index (κ1) is 23.0. The van der Waals surface area contributed by atoms with Crippen LogP contribution < -0.4 is 10.5 Å². The summed E-state index contributed by atoms with van der Waals surface area (Å²) in [6, 6.07) is 13.5. The van der Waals surface area contributed by atoms with Crippen molar-refractivity contribution in [1.82, 2.24) is 4.98 Å². The van der Waals surface area contributed by atoms with Crippen LogP contribution in [0.4, 0.5) is 20.3 Å². The maximum absolute atomic E-state index is 13.8. The highest BCUT2D eigenvalue weighted by Crippen LogP contribution is 2.37. The predicted molar refractivity (Wildman–Crippen MR) is 118 cm³/mol. The van der Waals surface area contributed by atoms with Gasteiger partial charge in [0.05, 0.1) is 11.8 Å². The van der Waals surface area contributed by atoms with Crippen molar-refractivity contribution in [2.45, 2.75) is 10.8 Å². The quantitative estimate of drug-likeness (QED) is 0.519. The zero-order chi connectivity index (χ0) is 23.5. The molecule has 0 saturated carbocycles. The molecule has 0 aliphatic heterocycles. The fraction of sp³-hybridized carbons (Fsp3) is 0.0952. The van der Waals surface area contributed by atoms with Gasteiger partial charge in [-0.25, -0.2) is 22.2 Å². The molecule has 0 unspecified atom stereocenters. The van der Waals surface area contributed by atoms with Crippen LogP contribution in [0.2, 0.25) is 0 Å². The van der Waals surface area contributed by atoms with Gasteiger partial charge >= 0.3 is 0 Å². The number of thioether (sulfide) groups is 1. The Kier molecular flexibility index (Phi) is 6.63. The van der Waals surface area contributed by atoms with Crippen LogP contribution in [0.1, 0.15) is 16.7 Å². The van der Waals surface area contributed by atoms with Gasteiger partial charge in [-0.15, -0.1) is 11.8 Å². The Hall–Kier alpha value is -3.67. The standard InChI is InChI=1S/C21H15F2N5O2S2/c1-32(29,30)28-14-4-2-3-12(7-14)11-31-21-16(10-25)19(15(9-24)20(26)27-21)13-5-6-17(22)18(23)8-13/h2-8,28H,11H2,1H3,(H2,26,27). The number of nitrogens with one attached hydrogen (secondary N) is 1. The molecule has 0 aliphatic rings. The number of nitrogen functional groups attached to an aromatic ring is 1. The van der Waals surface area contributed by atoms with E-state index in [0.29, 0.717) is 11.4 Å². The van der Waals surface area contributed by atoms with Gasteiger partial charge in [0.1, 0.15) is 28.5 Å². The second-order valence-electron chi connectivity index (χ2n) is 6.64. The molecule has 0 fully saturated rings. The van der Waals surface area contributed by atoms with Gasteiger partial charge in [0.25, 0.3) is 0 Å². The van der Waals surface area contributed by atoms with E-state index in [9.17, 15) is 27.7 Å². The van der Waals surface area contributed by atoms with Crippen LogP contribution in [-0.2, 0) is 15.8 Å². The molecule has 0 amide bonds. The van der Waals surface area contributed by atoms with Crippen LogP contribution in [0.25, 0.3) is 11.1 Å². The van der Waals surface area contributed by atoms with Crippen molar-refractivity contribution >= 4 is 33.3 Å². The average Bonchev–Trinajstić information content (AvgIpc) is 2.72. The van der Waals surface area contributed by atoms with E-state index in [0.717, 1.165) is 35.7 Å². The lowest BCUT2D eigenvalue weighted by atomic mass is 9.97. The molecule has 32 heavy (non-hydrogen) atoms. The van der Waals surface area contributed by atoms with Crippen LogP contribution in [-0.4, -0.2) is 19.7 Å². The van der Waals surface area contributed by atoms with E-state index in [4.69, 9.17) is 5.73 Å². The average molecular weight is 472 g/mol. The number of nitriles is 2. The van der Waals surface area contributed by atoms with Crippen molar-refractivity contribution in [3.63, 3.8) is 0 Å². The number of anilines is 2. The van der Waals surface area contributed by atoms with Gasteiger partial charge in [0.2, 0.25) is 10.0 Å². The topological polar surface area (TPSA) is 133 Å². The van der Waals surface area contributed by atoms with Crippen molar-refractivity contribution in [1.29, 1.82) is 10.5 Å². The number of hydrogen-bond acceptors (Lipinski definition) is 7. The summed E-state index contributed by atoms with van der Waals surface area (Å²) in [5, 5.41) is 19.5. The van der Waals surface area contributed by atoms with E-state index in [1.165, 1.54) is 6.07 Å². The van der Waals surface area contributed by atoms with E-state index in [1.807, 2.05) is 12.1 Å². The zero-order valence-corrected chi connectivity index (χ0v) is 18.2. The summed E-state index contributed by atoms with van der Waals surface area (Å²) < 4.78 is 52.5. The third-order valence-electron chi connectivity index (χ3n) is 4.23. The molecule has 0 radical (unpaired) electrons. The molecular weight excluding hydrogens is 456 g/mol. The van der Waals surface area contributed by atoms with Crippen molar-refractivity contribution in [3.05, 3.63) is 70.8 Å². The summed E-state index contributed by atoms with van der Waals surface area (Å²) in [6.07, 6.45) is 1.04. The second kappa shape index (κ2) is 9.22. The van der Waals surface area contributed by atoms with E-state index < -0.39 is 21.7 Å². The first-order chi connectivity index (χ1) is 15.1. The number of benzene rings is 2. The molecule has 1 heterocycles. The Morgan fingerprint density at radius 3 is 2.44 bits per heavy atom. The van der Waals surface area contributed by atoms with Gasteiger partial charge in [0.15, 0.2) is 11.6 Å². The lowest BCUT2D eigenvalue weighted by molar-refractivity contribution is 0.509. The second-order valence-corrected chi connectivity index (χ2v) is 9.36. The Morgan fingerprint density at radius 1 is 1.09 bits per heavy atom. The fourth-order valence-electron chi connectivity index (χ4n) is 2.93. The summed E-state index contributed by atoms with van der Waals surface area (Å²) >= 11 is 1.13. The summed E-state index contributed by atoms with van der Waals surface area (Å²) in [7, 11) is -3.44. The molecule has 0 bridgehead atoms. The van der Waals surface area contributed by atoms with Crippen LogP contribution in [0.5, 0.6) is 0 Å². The molecule has 3 N–H and O–H groups in total. The highest BCUT2D eigenvalue weighted by Gasteiger charge is 2.21. The molecule has 0 aliphatic carbocycles. The van der Waals surface area contributed by atoms with Gasteiger partial charge in [-0.3, -0.25) is 4.72 Å². The lowest BCUT2D eigenvalue weighted by Gasteiger charge is -2.13. The van der Waals surface area contributed by atoms with Gasteiger partial charge in [0, 0.05) is 17.0 Å². The maximum Gasteiger partial charge on any atom is 0.229 e. The third-order valence-corrected chi connectivity index (χ3v) is 5.88. The normalized spacial score (nSPS) is 10.9. The molecule has 11 heteroatoms. The number of hydrogen-bond donors (Lipinski definition) is 2. The largest absolute Gasteiger partial charge is 0.383 e. The summed E-state index contributed by atoms with van der Waals surface area (Å²) in [4.78, 5) is 4.15. The van der Waals surface area contributed by atoms with Crippen molar-refractivity contribution in [2.24, 2.45) is 0 Å². The zero-order valence-electron chi connectivity index (χ0n) is 16.6. The molecule has 3 rings (SSSR count). The highest BCUT2D eigenvalue weighted by molar-refractivity contribution is 7.98. The Bertz CT molecular complexity index is 1400. The smallest absolute Gasteiger partial charge is 0.229 e. The maximum atomic E-state index is 13.8. The molecular formula is C21H15F2N5O2S2. The molecule has 2 aromatic carbocycles. The molecule has 7 nitrogen and oxygen atoms in total. The monoisotopic (exact) mass is 471 g/mol. The highest BCUT2D eigenvalue weighted by atomic mass is 32.2. The number of halogens is 2. The van der Waals surface area contributed by atoms with E-state index in [2.05, 4.69) is 9.71 Å². The summed E-state index contributed by atoms with van der Waals surface area (Å²) in [5.74, 6) is -2.05. The summed E-state index contributed by atoms with van der Waals surface area (Å²) in [5.41, 5.74) is 7.09. The van der Waals surface area contributed by atoms with E-state index in [-0.39, 0.29) is 33.1 Å². The van der Waals surface area contributed by atoms with Crippen molar-refractivity contribution < 1.29 is 17.2 Å². The van der Waals surface area contributed by atoms with Crippen LogP contribution in [0.15, 0.2) is 47.5 Å². The minimum Gasteiger partial charge on any atom is -0.383 e. The van der Waals surface area contributed by atoms with Crippen LogP contribution in [0, 0.1) is 34.3 Å². The first-order valence-corrected chi connectivity index (χ1v) is 11.8. The molecule has 3 aromatic rings. The van der Waals surface area contributed by atoms with Gasteiger partial charge in [-0.1, -0.05) is 18.2 Å². The SMILES string of the molecule is CS(=O)(=O)Nc1cccc(CSc2nc(N)c(C#N)c(-c3ccc(F)c(F)c3)c2C#N)c1. The van der Waals surface area contributed by atoms with Gasteiger partial charge in [-0.05, 0) is 35.4 Å². The number of nitrogens with zero attached hydrogens (tertiary/aromatic N) is 3. The number of pyridine rings is 1. The third kappa shape index (κ3) is 5.14. The molecule has 0 saturated heterocycles. The number of rotatable bonds is 6. The van der Waals surface area contributed by atoms with Crippen LogP contribution >= 0.6 is 11.8 Å². The number of nitrogens with two attached hydrogens (primary N) is 1. The summed E-state index contributed by atoms with van der Waals surface area (Å²) in [6.45, 7) is 0. The Labute approximate surface area is 187 Å².